The van der Waals surface area contributed by atoms with Crippen molar-refractivity contribution in [3.05, 3.63) is 18.3 Å². The first kappa shape index (κ1) is 12.7. The van der Waals surface area contributed by atoms with Gasteiger partial charge >= 0.3 is 0 Å². The summed E-state index contributed by atoms with van der Waals surface area (Å²) in [5.41, 5.74) is 1.14. The Morgan fingerprint density at radius 2 is 2.32 bits per heavy atom. The van der Waals surface area contributed by atoms with E-state index in [2.05, 4.69) is 24.1 Å². The average Bonchev–Trinajstić information content (AvgIpc) is 2.45. The standard InChI is InChI=1S/C15H22N2O2/c1-15(2)12(10-6-5-9-19-13(10)15)17-11-7-4-8-16-14(11)18-3/h4,7-8,10,12-13,17H,5-6,9H2,1-3H3. The van der Waals surface area contributed by atoms with Gasteiger partial charge in [0.1, 0.15) is 0 Å². The summed E-state index contributed by atoms with van der Waals surface area (Å²) < 4.78 is 11.2. The Hall–Kier alpha value is -1.29. The van der Waals surface area contributed by atoms with Crippen LogP contribution in [-0.4, -0.2) is 30.8 Å². The highest BCUT2D eigenvalue weighted by Crippen LogP contribution is 2.52. The first-order chi connectivity index (χ1) is 9.14. The maximum Gasteiger partial charge on any atom is 0.237 e. The lowest BCUT2D eigenvalue weighted by atomic mass is 9.55. The van der Waals surface area contributed by atoms with Crippen LogP contribution in [0.1, 0.15) is 26.7 Å². The third-order valence-corrected chi connectivity index (χ3v) is 4.61. The van der Waals surface area contributed by atoms with Gasteiger partial charge in [0.15, 0.2) is 0 Å². The fourth-order valence-corrected chi connectivity index (χ4v) is 3.65. The number of ether oxygens (including phenoxy) is 2. The molecule has 0 amide bonds. The number of hydrogen-bond donors (Lipinski definition) is 1. The number of methoxy groups -OCH3 is 1. The Balaban J connectivity index is 1.79. The number of aromatic nitrogens is 1. The molecule has 2 heterocycles. The summed E-state index contributed by atoms with van der Waals surface area (Å²) >= 11 is 0. The van der Waals surface area contributed by atoms with Crippen LogP contribution in [0.4, 0.5) is 5.69 Å². The fraction of sp³-hybridized carbons (Fsp3) is 0.667. The van der Waals surface area contributed by atoms with Crippen LogP contribution in [0, 0.1) is 11.3 Å². The second-order valence-corrected chi connectivity index (χ2v) is 6.10. The second-order valence-electron chi connectivity index (χ2n) is 6.10. The highest BCUT2D eigenvalue weighted by Gasteiger charge is 2.58. The summed E-state index contributed by atoms with van der Waals surface area (Å²) in [4.78, 5) is 4.24. The van der Waals surface area contributed by atoms with E-state index in [9.17, 15) is 0 Å². The van der Waals surface area contributed by atoms with E-state index in [0.717, 1.165) is 12.3 Å². The summed E-state index contributed by atoms with van der Waals surface area (Å²) in [7, 11) is 1.66. The zero-order valence-corrected chi connectivity index (χ0v) is 11.8. The van der Waals surface area contributed by atoms with E-state index in [1.807, 2.05) is 12.1 Å². The number of nitrogens with zero attached hydrogens (tertiary/aromatic N) is 1. The number of fused-ring (bicyclic) bond motifs is 1. The van der Waals surface area contributed by atoms with Crippen LogP contribution in [0.5, 0.6) is 5.88 Å². The molecule has 1 aromatic rings. The predicted octanol–water partition coefficient (Wildman–Crippen LogP) is 2.71. The quantitative estimate of drug-likeness (QED) is 0.909. The summed E-state index contributed by atoms with van der Waals surface area (Å²) in [6, 6.07) is 4.39. The van der Waals surface area contributed by atoms with E-state index >= 15 is 0 Å². The number of rotatable bonds is 3. The fourth-order valence-electron chi connectivity index (χ4n) is 3.65. The van der Waals surface area contributed by atoms with Crippen molar-refractivity contribution in [1.29, 1.82) is 0 Å². The van der Waals surface area contributed by atoms with Crippen LogP contribution in [-0.2, 0) is 4.74 Å². The predicted molar refractivity (Wildman–Crippen MR) is 74.4 cm³/mol. The normalized spacial score (nSPS) is 32.1. The minimum Gasteiger partial charge on any atom is -0.480 e. The first-order valence-electron chi connectivity index (χ1n) is 7.01. The molecule has 0 aromatic carbocycles. The topological polar surface area (TPSA) is 43.4 Å². The van der Waals surface area contributed by atoms with Gasteiger partial charge in [0.2, 0.25) is 5.88 Å². The van der Waals surface area contributed by atoms with Crippen molar-refractivity contribution in [3.8, 4) is 5.88 Å². The first-order valence-corrected chi connectivity index (χ1v) is 7.01. The molecule has 1 aliphatic heterocycles. The highest BCUT2D eigenvalue weighted by molar-refractivity contribution is 5.54. The van der Waals surface area contributed by atoms with Crippen molar-refractivity contribution in [2.45, 2.75) is 38.8 Å². The second kappa shape index (κ2) is 4.67. The minimum absolute atomic E-state index is 0.159. The zero-order chi connectivity index (χ0) is 13.5. The van der Waals surface area contributed by atoms with Crippen LogP contribution in [0.3, 0.4) is 0 Å². The molecule has 1 aromatic heterocycles. The van der Waals surface area contributed by atoms with Crippen LogP contribution in [0.2, 0.25) is 0 Å². The smallest absolute Gasteiger partial charge is 0.237 e. The summed E-state index contributed by atoms with van der Waals surface area (Å²) in [5, 5.41) is 3.62. The lowest BCUT2D eigenvalue weighted by Crippen LogP contribution is -2.67. The van der Waals surface area contributed by atoms with Gasteiger partial charge in [0.25, 0.3) is 0 Å². The Bertz CT molecular complexity index is 461. The molecule has 1 saturated carbocycles. The molecule has 1 saturated heterocycles. The average molecular weight is 262 g/mol. The SMILES string of the molecule is COc1ncccc1NC1C2CCCOC2C1(C)C. The molecule has 104 valence electrons. The molecule has 3 atom stereocenters. The number of anilines is 1. The van der Waals surface area contributed by atoms with E-state index in [1.165, 1.54) is 12.8 Å². The van der Waals surface area contributed by atoms with Crippen molar-refractivity contribution >= 4 is 5.69 Å². The number of nitrogens with one attached hydrogen (secondary N) is 1. The van der Waals surface area contributed by atoms with Crippen LogP contribution < -0.4 is 10.1 Å². The Morgan fingerprint density at radius 1 is 1.47 bits per heavy atom. The van der Waals surface area contributed by atoms with Crippen LogP contribution in [0.25, 0.3) is 0 Å². The highest BCUT2D eigenvalue weighted by atomic mass is 16.5. The van der Waals surface area contributed by atoms with Crippen LogP contribution in [0.15, 0.2) is 18.3 Å². The van der Waals surface area contributed by atoms with Crippen molar-refractivity contribution in [3.63, 3.8) is 0 Å². The monoisotopic (exact) mass is 262 g/mol. The third kappa shape index (κ3) is 1.98. The van der Waals surface area contributed by atoms with Crippen molar-refractivity contribution < 1.29 is 9.47 Å². The number of hydrogen-bond acceptors (Lipinski definition) is 4. The number of pyridine rings is 1. The molecule has 1 aliphatic carbocycles. The lowest BCUT2D eigenvalue weighted by molar-refractivity contribution is -0.177. The molecule has 3 unspecified atom stereocenters. The molecule has 2 aliphatic rings. The van der Waals surface area contributed by atoms with Crippen molar-refractivity contribution in [1.82, 2.24) is 4.98 Å². The molecule has 0 radical (unpaired) electrons. The van der Waals surface area contributed by atoms with E-state index in [0.29, 0.717) is 23.9 Å². The van der Waals surface area contributed by atoms with E-state index < -0.39 is 0 Å². The van der Waals surface area contributed by atoms with Gasteiger partial charge in [-0.1, -0.05) is 13.8 Å². The van der Waals surface area contributed by atoms with Gasteiger partial charge in [-0.05, 0) is 25.0 Å². The van der Waals surface area contributed by atoms with E-state index in [1.54, 1.807) is 13.3 Å². The van der Waals surface area contributed by atoms with Crippen molar-refractivity contribution in [2.24, 2.45) is 11.3 Å². The summed E-state index contributed by atoms with van der Waals surface area (Å²) in [5.74, 6) is 1.27. The van der Waals surface area contributed by atoms with Gasteiger partial charge in [0.05, 0.1) is 18.9 Å². The Kier molecular flexibility index (Phi) is 3.13. The third-order valence-electron chi connectivity index (χ3n) is 4.61. The summed E-state index contributed by atoms with van der Waals surface area (Å²) in [6.45, 7) is 5.47. The molecule has 0 bridgehead atoms. The summed E-state index contributed by atoms with van der Waals surface area (Å²) in [6.07, 6.45) is 4.55. The largest absolute Gasteiger partial charge is 0.480 e. The zero-order valence-electron chi connectivity index (χ0n) is 11.8. The maximum absolute atomic E-state index is 5.93. The molecule has 4 nitrogen and oxygen atoms in total. The minimum atomic E-state index is 0.159. The van der Waals surface area contributed by atoms with Gasteiger partial charge in [-0.2, -0.15) is 0 Å². The van der Waals surface area contributed by atoms with E-state index in [4.69, 9.17) is 9.47 Å². The Labute approximate surface area is 114 Å². The molecule has 4 heteroatoms. The maximum atomic E-state index is 5.93. The van der Waals surface area contributed by atoms with Gasteiger partial charge in [-0.3, -0.25) is 0 Å². The molecule has 2 fully saturated rings. The molecule has 1 N–H and O–H groups in total. The van der Waals surface area contributed by atoms with Gasteiger partial charge in [-0.25, -0.2) is 4.98 Å². The van der Waals surface area contributed by atoms with Gasteiger partial charge in [-0.15, -0.1) is 0 Å². The molecule has 3 rings (SSSR count). The molecular weight excluding hydrogens is 240 g/mol. The van der Waals surface area contributed by atoms with Crippen molar-refractivity contribution in [2.75, 3.05) is 19.0 Å². The molecular formula is C15H22N2O2. The van der Waals surface area contributed by atoms with Gasteiger partial charge in [0, 0.05) is 30.2 Å². The lowest BCUT2D eigenvalue weighted by Gasteiger charge is -2.60. The van der Waals surface area contributed by atoms with E-state index in [-0.39, 0.29) is 5.41 Å². The van der Waals surface area contributed by atoms with Crippen LogP contribution >= 0.6 is 0 Å². The van der Waals surface area contributed by atoms with Gasteiger partial charge < -0.3 is 14.8 Å². The Morgan fingerprint density at radius 3 is 3.11 bits per heavy atom. The molecule has 0 spiro atoms. The molecule has 19 heavy (non-hydrogen) atoms.